The highest BCUT2D eigenvalue weighted by molar-refractivity contribution is 9.10. The van der Waals surface area contributed by atoms with Crippen molar-refractivity contribution in [3.63, 3.8) is 0 Å². The molecule has 0 aliphatic heterocycles. The Bertz CT molecular complexity index is 790. The zero-order valence-electron chi connectivity index (χ0n) is 12.2. The lowest BCUT2D eigenvalue weighted by atomic mass is 10.3. The van der Waals surface area contributed by atoms with E-state index in [4.69, 9.17) is 5.14 Å². The minimum Gasteiger partial charge on any atom is -0.325 e. The molecule has 23 heavy (non-hydrogen) atoms. The summed E-state index contributed by atoms with van der Waals surface area (Å²) in [7, 11) is -3.73. The van der Waals surface area contributed by atoms with Gasteiger partial charge >= 0.3 is 0 Å². The molecule has 2 rings (SSSR count). The Morgan fingerprint density at radius 3 is 2.22 bits per heavy atom. The smallest absolute Gasteiger partial charge is 0.238 e. The normalized spacial score (nSPS) is 12.7. The standard InChI is InChI=1S/C15H15BrN2O3S2/c1-10(22-13-6-2-11(16)3-7-13)15(19)18-12-4-8-14(9-5-12)23(17,20)21/h2-10H,1H3,(H,18,19)(H2,17,20,21). The Labute approximate surface area is 147 Å². The highest BCUT2D eigenvalue weighted by Crippen LogP contribution is 2.25. The third-order valence-corrected chi connectivity index (χ3v) is 5.52. The lowest BCUT2D eigenvalue weighted by Crippen LogP contribution is -2.22. The van der Waals surface area contributed by atoms with Crippen LogP contribution in [0.15, 0.2) is 62.8 Å². The Morgan fingerprint density at radius 2 is 1.70 bits per heavy atom. The number of thioether (sulfide) groups is 1. The van der Waals surface area contributed by atoms with Gasteiger partial charge in [-0.1, -0.05) is 15.9 Å². The lowest BCUT2D eigenvalue weighted by molar-refractivity contribution is -0.115. The molecule has 0 saturated carbocycles. The van der Waals surface area contributed by atoms with Crippen molar-refractivity contribution in [2.45, 2.75) is 22.0 Å². The van der Waals surface area contributed by atoms with E-state index in [9.17, 15) is 13.2 Å². The molecule has 0 aliphatic carbocycles. The predicted molar refractivity (Wildman–Crippen MR) is 95.9 cm³/mol. The van der Waals surface area contributed by atoms with Crippen molar-refractivity contribution in [1.29, 1.82) is 0 Å². The average molecular weight is 415 g/mol. The number of primary sulfonamides is 1. The van der Waals surface area contributed by atoms with Crippen LogP contribution in [0.1, 0.15) is 6.92 Å². The van der Waals surface area contributed by atoms with E-state index in [2.05, 4.69) is 21.2 Å². The second-order valence-electron chi connectivity index (χ2n) is 4.77. The van der Waals surface area contributed by atoms with Crippen LogP contribution in [0.5, 0.6) is 0 Å². The van der Waals surface area contributed by atoms with Crippen LogP contribution in [0, 0.1) is 0 Å². The summed E-state index contributed by atoms with van der Waals surface area (Å²) in [6.45, 7) is 1.81. The number of anilines is 1. The zero-order chi connectivity index (χ0) is 17.0. The molecule has 1 atom stereocenters. The summed E-state index contributed by atoms with van der Waals surface area (Å²) in [6, 6.07) is 13.4. The van der Waals surface area contributed by atoms with E-state index in [0.717, 1.165) is 9.37 Å². The molecule has 0 saturated heterocycles. The molecular formula is C15H15BrN2O3S2. The summed E-state index contributed by atoms with van der Waals surface area (Å²) < 4.78 is 23.4. The molecule has 0 bridgehead atoms. The molecule has 0 aliphatic rings. The Balaban J connectivity index is 1.99. The van der Waals surface area contributed by atoms with Crippen LogP contribution in [0.3, 0.4) is 0 Å². The second-order valence-corrected chi connectivity index (χ2v) is 8.66. The van der Waals surface area contributed by atoms with Gasteiger partial charge in [-0.05, 0) is 55.5 Å². The number of carbonyl (C=O) groups excluding carboxylic acids is 1. The van der Waals surface area contributed by atoms with Gasteiger partial charge in [0.15, 0.2) is 0 Å². The van der Waals surface area contributed by atoms with Crippen molar-refractivity contribution in [3.05, 3.63) is 53.0 Å². The number of hydrogen-bond acceptors (Lipinski definition) is 4. The van der Waals surface area contributed by atoms with Crippen molar-refractivity contribution in [3.8, 4) is 0 Å². The third-order valence-electron chi connectivity index (χ3n) is 2.95. The van der Waals surface area contributed by atoms with Gasteiger partial charge in [0.05, 0.1) is 10.1 Å². The van der Waals surface area contributed by atoms with E-state index in [-0.39, 0.29) is 16.1 Å². The zero-order valence-corrected chi connectivity index (χ0v) is 15.4. The molecule has 1 unspecified atom stereocenters. The molecular weight excluding hydrogens is 400 g/mol. The fraction of sp³-hybridized carbons (Fsp3) is 0.133. The Morgan fingerprint density at radius 1 is 1.13 bits per heavy atom. The van der Waals surface area contributed by atoms with Crippen LogP contribution in [-0.2, 0) is 14.8 Å². The number of nitrogens with one attached hydrogen (secondary N) is 1. The van der Waals surface area contributed by atoms with Gasteiger partial charge in [0.2, 0.25) is 15.9 Å². The van der Waals surface area contributed by atoms with E-state index in [1.165, 1.54) is 36.0 Å². The van der Waals surface area contributed by atoms with Crippen molar-refractivity contribution in [1.82, 2.24) is 0 Å². The molecule has 0 spiro atoms. The van der Waals surface area contributed by atoms with Crippen LogP contribution in [0.25, 0.3) is 0 Å². The lowest BCUT2D eigenvalue weighted by Gasteiger charge is -2.12. The molecule has 122 valence electrons. The van der Waals surface area contributed by atoms with E-state index < -0.39 is 10.0 Å². The molecule has 0 radical (unpaired) electrons. The summed E-state index contributed by atoms with van der Waals surface area (Å²) in [6.07, 6.45) is 0. The van der Waals surface area contributed by atoms with Gasteiger partial charge in [-0.2, -0.15) is 0 Å². The molecule has 0 heterocycles. The van der Waals surface area contributed by atoms with Crippen LogP contribution in [0.2, 0.25) is 0 Å². The summed E-state index contributed by atoms with van der Waals surface area (Å²) >= 11 is 4.80. The van der Waals surface area contributed by atoms with Crippen molar-refractivity contribution in [2.75, 3.05) is 5.32 Å². The quantitative estimate of drug-likeness (QED) is 0.734. The number of rotatable bonds is 5. The highest BCUT2D eigenvalue weighted by Gasteiger charge is 2.15. The Hall–Kier alpha value is -1.35. The first-order valence-electron chi connectivity index (χ1n) is 6.61. The van der Waals surface area contributed by atoms with Crippen LogP contribution in [0.4, 0.5) is 5.69 Å². The number of nitrogens with two attached hydrogens (primary N) is 1. The summed E-state index contributed by atoms with van der Waals surface area (Å²) in [5.41, 5.74) is 0.519. The minimum absolute atomic E-state index is 0.00721. The van der Waals surface area contributed by atoms with E-state index in [1.807, 2.05) is 24.3 Å². The van der Waals surface area contributed by atoms with Gasteiger partial charge in [0.25, 0.3) is 0 Å². The molecule has 1 amide bonds. The predicted octanol–water partition coefficient (Wildman–Crippen LogP) is 3.22. The van der Waals surface area contributed by atoms with Gasteiger partial charge < -0.3 is 5.32 Å². The molecule has 2 aromatic rings. The fourth-order valence-electron chi connectivity index (χ4n) is 1.74. The largest absolute Gasteiger partial charge is 0.325 e. The molecule has 8 heteroatoms. The first-order valence-corrected chi connectivity index (χ1v) is 9.83. The van der Waals surface area contributed by atoms with Crippen LogP contribution in [-0.4, -0.2) is 19.6 Å². The molecule has 3 N–H and O–H groups in total. The summed E-state index contributed by atoms with van der Waals surface area (Å²) in [5.74, 6) is -0.165. The highest BCUT2D eigenvalue weighted by atomic mass is 79.9. The van der Waals surface area contributed by atoms with E-state index in [0.29, 0.717) is 5.69 Å². The average Bonchev–Trinajstić information content (AvgIpc) is 2.49. The van der Waals surface area contributed by atoms with Crippen LogP contribution >= 0.6 is 27.7 Å². The first kappa shape index (κ1) is 18.0. The van der Waals surface area contributed by atoms with Crippen molar-refractivity contribution < 1.29 is 13.2 Å². The van der Waals surface area contributed by atoms with Gasteiger partial charge in [0, 0.05) is 15.1 Å². The van der Waals surface area contributed by atoms with Gasteiger partial charge in [0.1, 0.15) is 0 Å². The fourth-order valence-corrected chi connectivity index (χ4v) is 3.39. The monoisotopic (exact) mass is 414 g/mol. The number of halogens is 1. The SMILES string of the molecule is CC(Sc1ccc(Br)cc1)C(=O)Nc1ccc(S(N)(=O)=O)cc1. The number of hydrogen-bond donors (Lipinski definition) is 2. The summed E-state index contributed by atoms with van der Waals surface area (Å²) in [4.78, 5) is 13.2. The maximum absolute atomic E-state index is 12.2. The number of benzene rings is 2. The second kappa shape index (κ2) is 7.48. The first-order chi connectivity index (χ1) is 10.8. The van der Waals surface area contributed by atoms with E-state index in [1.54, 1.807) is 6.92 Å². The van der Waals surface area contributed by atoms with Gasteiger partial charge in [-0.3, -0.25) is 4.79 Å². The van der Waals surface area contributed by atoms with Crippen molar-refractivity contribution >= 4 is 49.3 Å². The third kappa shape index (κ3) is 5.35. The maximum Gasteiger partial charge on any atom is 0.238 e. The molecule has 0 aromatic heterocycles. The topological polar surface area (TPSA) is 89.3 Å². The number of amides is 1. The van der Waals surface area contributed by atoms with E-state index >= 15 is 0 Å². The number of carbonyl (C=O) groups is 1. The molecule has 0 fully saturated rings. The molecule has 2 aromatic carbocycles. The molecule has 5 nitrogen and oxygen atoms in total. The van der Waals surface area contributed by atoms with Gasteiger partial charge in [-0.25, -0.2) is 13.6 Å². The van der Waals surface area contributed by atoms with Crippen molar-refractivity contribution in [2.24, 2.45) is 5.14 Å². The number of sulfonamides is 1. The van der Waals surface area contributed by atoms with Crippen LogP contribution < -0.4 is 10.5 Å². The Kier molecular flexibility index (Phi) is 5.85. The van der Waals surface area contributed by atoms with Gasteiger partial charge in [-0.15, -0.1) is 11.8 Å². The summed E-state index contributed by atoms with van der Waals surface area (Å²) in [5, 5.41) is 7.48. The minimum atomic E-state index is -3.73. The maximum atomic E-state index is 12.2.